The Labute approximate surface area is 246 Å². The molecule has 0 unspecified atom stereocenters. The van der Waals surface area contributed by atoms with Gasteiger partial charge in [-0.1, -0.05) is 68.5 Å². The first-order valence-corrected chi connectivity index (χ1v) is 16.2. The van der Waals surface area contributed by atoms with E-state index in [1.807, 2.05) is 6.07 Å². The second-order valence-electron chi connectivity index (χ2n) is 11.4. The summed E-state index contributed by atoms with van der Waals surface area (Å²) in [4.78, 5) is 34.9. The molecule has 1 N–H and O–H groups in total. The van der Waals surface area contributed by atoms with Gasteiger partial charge in [-0.25, -0.2) is 23.1 Å². The molecule has 2 aliphatic rings. The lowest BCUT2D eigenvalue weighted by molar-refractivity contribution is -0.385. The molecule has 0 radical (unpaired) electrons. The molecule has 1 saturated carbocycles. The SMILES string of the molecule is O=C(NS(=O)(=O)c1cccc([N+](=O)[O-])c1)c1cnc(N2CCC(Cc3ccccc3)CC2)nc1CCC1CCCCC1. The monoisotopic (exact) mass is 591 g/mol. The van der Waals surface area contributed by atoms with Crippen molar-refractivity contribution in [2.75, 3.05) is 18.0 Å². The molecule has 222 valence electrons. The summed E-state index contributed by atoms with van der Waals surface area (Å²) in [5, 5.41) is 11.1. The summed E-state index contributed by atoms with van der Waals surface area (Å²) in [6.45, 7) is 1.62. The normalized spacial score (nSPS) is 16.7. The van der Waals surface area contributed by atoms with E-state index in [0.717, 1.165) is 57.7 Å². The summed E-state index contributed by atoms with van der Waals surface area (Å²) >= 11 is 0. The Morgan fingerprint density at radius 2 is 1.71 bits per heavy atom. The summed E-state index contributed by atoms with van der Waals surface area (Å²) in [5.41, 5.74) is 1.61. The molecule has 0 spiro atoms. The molecule has 2 heterocycles. The number of hydrogen-bond donors (Lipinski definition) is 1. The van der Waals surface area contributed by atoms with Gasteiger partial charge in [0, 0.05) is 31.4 Å². The molecular formula is C31H37N5O5S. The second-order valence-corrected chi connectivity index (χ2v) is 13.1. The van der Waals surface area contributed by atoms with Gasteiger partial charge in [0.05, 0.1) is 21.1 Å². The number of carbonyl (C=O) groups excluding carboxylic acids is 1. The Balaban J connectivity index is 1.32. The van der Waals surface area contributed by atoms with Crippen LogP contribution in [0.15, 0.2) is 65.7 Å². The molecule has 11 heteroatoms. The van der Waals surface area contributed by atoms with Crippen molar-refractivity contribution in [3.8, 4) is 0 Å². The molecular weight excluding hydrogens is 554 g/mol. The third-order valence-electron chi connectivity index (χ3n) is 8.44. The van der Waals surface area contributed by atoms with Crippen LogP contribution in [-0.4, -0.2) is 42.3 Å². The highest BCUT2D eigenvalue weighted by Gasteiger charge is 2.26. The third kappa shape index (κ3) is 7.50. The van der Waals surface area contributed by atoms with Crippen LogP contribution in [0.1, 0.15) is 73.0 Å². The zero-order valence-corrected chi connectivity index (χ0v) is 24.5. The molecule has 3 aromatic rings. The van der Waals surface area contributed by atoms with Crippen molar-refractivity contribution in [2.24, 2.45) is 11.8 Å². The number of aryl methyl sites for hydroxylation is 1. The van der Waals surface area contributed by atoms with Crippen LogP contribution in [0.4, 0.5) is 11.6 Å². The van der Waals surface area contributed by atoms with Gasteiger partial charge in [0.25, 0.3) is 21.6 Å². The molecule has 2 aromatic carbocycles. The van der Waals surface area contributed by atoms with Gasteiger partial charge in [0.2, 0.25) is 5.95 Å². The van der Waals surface area contributed by atoms with Gasteiger partial charge < -0.3 is 4.90 Å². The number of nitro groups is 1. The molecule has 10 nitrogen and oxygen atoms in total. The Morgan fingerprint density at radius 1 is 0.976 bits per heavy atom. The van der Waals surface area contributed by atoms with Crippen LogP contribution in [-0.2, 0) is 22.9 Å². The smallest absolute Gasteiger partial charge is 0.270 e. The molecule has 1 aliphatic carbocycles. The number of sulfonamides is 1. The summed E-state index contributed by atoms with van der Waals surface area (Å²) < 4.78 is 28.0. The van der Waals surface area contributed by atoms with Crippen molar-refractivity contribution < 1.29 is 18.1 Å². The van der Waals surface area contributed by atoms with E-state index in [-0.39, 0.29) is 16.1 Å². The number of nitro benzene ring substituents is 1. The number of anilines is 1. The Morgan fingerprint density at radius 3 is 2.43 bits per heavy atom. The number of hydrogen-bond acceptors (Lipinski definition) is 8. The zero-order chi connectivity index (χ0) is 29.5. The van der Waals surface area contributed by atoms with Crippen LogP contribution >= 0.6 is 0 Å². The first-order valence-electron chi connectivity index (χ1n) is 14.7. The maximum absolute atomic E-state index is 13.3. The molecule has 1 aromatic heterocycles. The molecule has 5 rings (SSSR count). The number of benzene rings is 2. The average Bonchev–Trinajstić information content (AvgIpc) is 3.01. The number of aromatic nitrogens is 2. The van der Waals surface area contributed by atoms with Crippen LogP contribution in [0.2, 0.25) is 0 Å². The van der Waals surface area contributed by atoms with Crippen molar-refractivity contribution in [3.05, 3.63) is 87.7 Å². The van der Waals surface area contributed by atoms with Crippen LogP contribution in [0.3, 0.4) is 0 Å². The van der Waals surface area contributed by atoms with Crippen LogP contribution in [0.5, 0.6) is 0 Å². The third-order valence-corrected chi connectivity index (χ3v) is 9.77. The highest BCUT2D eigenvalue weighted by molar-refractivity contribution is 7.90. The largest absolute Gasteiger partial charge is 0.341 e. The summed E-state index contributed by atoms with van der Waals surface area (Å²) in [6, 6.07) is 15.1. The predicted molar refractivity (Wildman–Crippen MR) is 160 cm³/mol. The van der Waals surface area contributed by atoms with Gasteiger partial charge in [-0.2, -0.15) is 0 Å². The Hall–Kier alpha value is -3.86. The van der Waals surface area contributed by atoms with E-state index in [1.165, 1.54) is 49.2 Å². The van der Waals surface area contributed by atoms with Crippen molar-refractivity contribution in [2.45, 2.75) is 69.1 Å². The van der Waals surface area contributed by atoms with E-state index in [2.05, 4.69) is 38.9 Å². The predicted octanol–water partition coefficient (Wildman–Crippen LogP) is 5.48. The van der Waals surface area contributed by atoms with E-state index in [1.54, 1.807) is 0 Å². The van der Waals surface area contributed by atoms with Crippen LogP contribution in [0.25, 0.3) is 0 Å². The lowest BCUT2D eigenvalue weighted by Crippen LogP contribution is -2.36. The second kappa shape index (κ2) is 13.4. The van der Waals surface area contributed by atoms with Gasteiger partial charge in [-0.05, 0) is 55.6 Å². The number of nitrogens with zero attached hydrogens (tertiary/aromatic N) is 4. The maximum Gasteiger partial charge on any atom is 0.270 e. The van der Waals surface area contributed by atoms with Crippen molar-refractivity contribution in [1.29, 1.82) is 0 Å². The molecule has 0 bridgehead atoms. The van der Waals surface area contributed by atoms with Gasteiger partial charge in [0.1, 0.15) is 0 Å². The standard InChI is InChI=1S/C31H37N5O5S/c37-30(34-42(40,41)27-13-7-12-26(21-27)36(38)39)28-22-32-31(33-29(28)15-14-23-8-3-1-4-9-23)35-18-16-25(17-19-35)20-24-10-5-2-6-11-24/h2,5-7,10-13,21-23,25H,1,3-4,8-9,14-20H2,(H,34,37). The summed E-state index contributed by atoms with van der Waals surface area (Å²) in [5.74, 6) is 0.854. The lowest BCUT2D eigenvalue weighted by Gasteiger charge is -2.32. The average molecular weight is 592 g/mol. The minimum absolute atomic E-state index is 0.113. The summed E-state index contributed by atoms with van der Waals surface area (Å²) in [7, 11) is -4.35. The lowest BCUT2D eigenvalue weighted by atomic mass is 9.85. The highest BCUT2D eigenvalue weighted by atomic mass is 32.2. The van der Waals surface area contributed by atoms with E-state index in [0.29, 0.717) is 29.9 Å². The number of non-ortho nitro benzene ring substituents is 1. The highest BCUT2D eigenvalue weighted by Crippen LogP contribution is 2.29. The molecule has 0 atom stereocenters. The quantitative estimate of drug-likeness (QED) is 0.242. The number of carbonyl (C=O) groups is 1. The van der Waals surface area contributed by atoms with Gasteiger partial charge >= 0.3 is 0 Å². The molecule has 1 aliphatic heterocycles. The van der Waals surface area contributed by atoms with Crippen molar-refractivity contribution in [3.63, 3.8) is 0 Å². The van der Waals surface area contributed by atoms with E-state index in [9.17, 15) is 23.3 Å². The number of piperidine rings is 1. The first kappa shape index (κ1) is 29.6. The van der Waals surface area contributed by atoms with Crippen LogP contribution in [0, 0.1) is 22.0 Å². The van der Waals surface area contributed by atoms with E-state index >= 15 is 0 Å². The minimum atomic E-state index is -4.35. The van der Waals surface area contributed by atoms with Gasteiger partial charge in [0.15, 0.2) is 0 Å². The van der Waals surface area contributed by atoms with Crippen molar-refractivity contribution >= 4 is 27.6 Å². The topological polar surface area (TPSA) is 135 Å². The zero-order valence-electron chi connectivity index (χ0n) is 23.7. The Bertz CT molecular complexity index is 1500. The number of rotatable bonds is 10. The van der Waals surface area contributed by atoms with Crippen LogP contribution < -0.4 is 9.62 Å². The Kier molecular flexibility index (Phi) is 9.46. The summed E-state index contributed by atoms with van der Waals surface area (Å²) in [6.07, 6.45) is 11.9. The van der Waals surface area contributed by atoms with E-state index < -0.39 is 20.9 Å². The van der Waals surface area contributed by atoms with Gasteiger partial charge in [-0.15, -0.1) is 0 Å². The van der Waals surface area contributed by atoms with E-state index in [4.69, 9.17) is 4.98 Å². The first-order chi connectivity index (χ1) is 20.3. The molecule has 42 heavy (non-hydrogen) atoms. The van der Waals surface area contributed by atoms with Crippen molar-refractivity contribution in [1.82, 2.24) is 14.7 Å². The molecule has 2 fully saturated rings. The number of amides is 1. The fraction of sp³-hybridized carbons (Fsp3) is 0.452. The molecule has 1 saturated heterocycles. The van der Waals surface area contributed by atoms with Gasteiger partial charge in [-0.3, -0.25) is 14.9 Å². The molecule has 1 amide bonds. The number of nitrogens with one attached hydrogen (secondary N) is 1. The fourth-order valence-electron chi connectivity index (χ4n) is 6.04. The minimum Gasteiger partial charge on any atom is -0.341 e. The maximum atomic E-state index is 13.3. The fourth-order valence-corrected chi connectivity index (χ4v) is 7.05.